The Morgan fingerprint density at radius 2 is 1.33 bits per heavy atom. The van der Waals surface area contributed by atoms with Gasteiger partial charge in [0.2, 0.25) is 12.6 Å². The molecule has 1 unspecified atom stereocenters. The summed E-state index contributed by atoms with van der Waals surface area (Å²) in [6.45, 7) is -2.36. The number of carbonyl (C=O) groups excluding carboxylic acids is 4. The van der Waals surface area contributed by atoms with Gasteiger partial charge in [0.05, 0.1) is 49.6 Å². The zero-order valence-corrected chi connectivity index (χ0v) is 33.5. The van der Waals surface area contributed by atoms with Gasteiger partial charge in [0, 0.05) is 17.8 Å². The smallest absolute Gasteiger partial charge is 0.367 e. The lowest BCUT2D eigenvalue weighted by molar-refractivity contribution is -0.351. The van der Waals surface area contributed by atoms with Crippen molar-refractivity contribution in [1.82, 2.24) is 0 Å². The Morgan fingerprint density at radius 3 is 1.97 bits per heavy atom. The average Bonchev–Trinajstić information content (AvgIpc) is 3.89. The first-order valence-electron chi connectivity index (χ1n) is 18.8. The maximum atomic E-state index is 14.2. The third-order valence-electron chi connectivity index (χ3n) is 11.6. The van der Waals surface area contributed by atoms with Crippen molar-refractivity contribution >= 4 is 46.1 Å². The second kappa shape index (κ2) is 18.8. The Balaban J connectivity index is 1.14. The van der Waals surface area contributed by atoms with Crippen LogP contribution in [0, 0.1) is 29.6 Å². The molecule has 334 valence electrons. The molecule has 0 aromatic carbocycles. The molecule has 0 aromatic rings. The Morgan fingerprint density at radius 1 is 0.733 bits per heavy atom. The molecule has 24 heteroatoms. The third kappa shape index (κ3) is 8.57. The predicted molar refractivity (Wildman–Crippen MR) is 196 cm³/mol. The third-order valence-corrected chi connectivity index (χ3v) is 12.5. The molecule has 5 aliphatic heterocycles. The zero-order valence-electron chi connectivity index (χ0n) is 31.8. The van der Waals surface area contributed by atoms with Crippen LogP contribution in [0.1, 0.15) is 0 Å². The van der Waals surface area contributed by atoms with Gasteiger partial charge in [0.25, 0.3) is 0 Å². The van der Waals surface area contributed by atoms with E-state index in [9.17, 15) is 60.0 Å². The normalized spacial score (nSPS) is 43.1. The highest BCUT2D eigenvalue weighted by Gasteiger charge is 2.60. The number of hydrogen-bond acceptors (Lipinski definition) is 24. The van der Waals surface area contributed by atoms with Crippen LogP contribution in [-0.2, 0) is 57.0 Å². The molecule has 0 amide bonds. The lowest BCUT2D eigenvalue weighted by Crippen LogP contribution is -2.62. The largest absolute Gasteiger partial charge is 0.471 e. The van der Waals surface area contributed by atoms with E-state index in [0.29, 0.717) is 5.57 Å². The minimum atomic E-state index is -1.96. The molecule has 19 atom stereocenters. The molecule has 2 aliphatic carbocycles. The van der Waals surface area contributed by atoms with Crippen molar-refractivity contribution < 1.29 is 107 Å². The zero-order chi connectivity index (χ0) is 43.2. The summed E-state index contributed by atoms with van der Waals surface area (Å²) in [6, 6.07) is 0. The highest BCUT2D eigenvalue weighted by molar-refractivity contribution is 8.12. The Bertz CT molecular complexity index is 1720. The maximum Gasteiger partial charge on any atom is 0.367 e. The second-order valence-electron chi connectivity index (χ2n) is 14.9. The van der Waals surface area contributed by atoms with Gasteiger partial charge in [-0.25, -0.2) is 14.4 Å². The topological polar surface area (TPSA) is 322 Å². The number of fused-ring (bicyclic) bond motifs is 1. The highest BCUT2D eigenvalue weighted by Crippen LogP contribution is 2.50. The maximum absolute atomic E-state index is 14.2. The fourth-order valence-corrected chi connectivity index (χ4v) is 8.99. The molecule has 0 aromatic heterocycles. The molecule has 60 heavy (non-hydrogen) atoms. The molecule has 4 saturated heterocycles. The predicted octanol–water partition coefficient (Wildman–Crippen LogP) is -2.99. The molecule has 7 aliphatic rings. The van der Waals surface area contributed by atoms with E-state index in [1.807, 2.05) is 0 Å². The summed E-state index contributed by atoms with van der Waals surface area (Å²) in [5.41, 5.74) is 0.331. The van der Waals surface area contributed by atoms with Crippen LogP contribution in [0.5, 0.6) is 0 Å². The molecule has 4 fully saturated rings. The molecule has 0 saturated carbocycles. The van der Waals surface area contributed by atoms with E-state index in [4.69, 9.17) is 47.4 Å². The number of carbonyl (C=O) groups is 4. The molecule has 7 rings (SSSR count). The fourth-order valence-electron chi connectivity index (χ4n) is 8.64. The van der Waals surface area contributed by atoms with Crippen molar-refractivity contribution in [3.63, 3.8) is 0 Å². The van der Waals surface area contributed by atoms with Gasteiger partial charge in [0.15, 0.2) is 18.7 Å². The summed E-state index contributed by atoms with van der Waals surface area (Å²) in [6.07, 6.45) is -15.5. The van der Waals surface area contributed by atoms with Gasteiger partial charge >= 0.3 is 22.5 Å². The van der Waals surface area contributed by atoms with E-state index in [1.165, 1.54) is 18.6 Å². The monoisotopic (exact) mass is 894 g/mol. The Kier molecular flexibility index (Phi) is 14.2. The highest BCUT2D eigenvalue weighted by atomic mass is 32.2. The molecule has 0 radical (unpaired) electrons. The standard InChI is InChI=1S/C36H46O22S2/c1-59-35(47)51-7-11-3-15(39)21-13(9-49-31(19(11)21)57-33-27(44)25(42)23(40)17(5-37)54-33)30(46)56-28-26(43)24(41)18(6-38)55-34(28)58-32-20-12(8-52-36(48)60-2)4-16-22(20)14(10-50-32)29(45)53-16/h3-4,9,14-28,31-34,37-44H,5-8,10H2,1-2H3/t14-,15+,16+,17-,18-,19-,20-,21+,22+,23-,24-,25+,26+,27-,28-,31+,32?,33+,34+/m1/s1. The van der Waals surface area contributed by atoms with Gasteiger partial charge in [0.1, 0.15) is 62.0 Å². The van der Waals surface area contributed by atoms with Crippen LogP contribution in [-0.4, -0.2) is 195 Å². The quantitative estimate of drug-likeness (QED) is 0.0550. The summed E-state index contributed by atoms with van der Waals surface area (Å²) in [4.78, 5) is 50.9. The van der Waals surface area contributed by atoms with Crippen LogP contribution >= 0.6 is 23.5 Å². The molecule has 0 spiro atoms. The van der Waals surface area contributed by atoms with Crippen LogP contribution in [0.25, 0.3) is 0 Å². The van der Waals surface area contributed by atoms with Crippen LogP contribution < -0.4 is 0 Å². The molecule has 8 N–H and O–H groups in total. The van der Waals surface area contributed by atoms with E-state index in [0.717, 1.165) is 29.8 Å². The van der Waals surface area contributed by atoms with Crippen molar-refractivity contribution in [2.45, 2.75) is 86.2 Å². The summed E-state index contributed by atoms with van der Waals surface area (Å²) in [7, 11) is 0. The SMILES string of the molecule is CSC(=O)OCC1=C[C@H](O)[C@@H]2C(C(=O)O[C@H]3[C@H](OC4OC[C@H]5C(=O)O[C@H]6C=C(COC(=O)SC)[C@@H]4[C@H]65)O[C@H](CO)[C@@H](O)[C@@H]3O)=CO[C@@H](O[C@@H]3O[C@H](CO)[C@@H](O)[C@H](O)[C@H]3O)[C@H]12. The summed E-state index contributed by atoms with van der Waals surface area (Å²) < 4.78 is 57.1. The van der Waals surface area contributed by atoms with E-state index in [-0.39, 0.29) is 24.4 Å². The molecule has 0 bridgehead atoms. The summed E-state index contributed by atoms with van der Waals surface area (Å²) in [5, 5.41) is 83.3. The lowest BCUT2D eigenvalue weighted by Gasteiger charge is -2.45. The summed E-state index contributed by atoms with van der Waals surface area (Å²) in [5.74, 6) is -6.16. The second-order valence-corrected chi connectivity index (χ2v) is 16.4. The molecular weight excluding hydrogens is 849 g/mol. The molecule has 22 nitrogen and oxygen atoms in total. The van der Waals surface area contributed by atoms with Crippen molar-refractivity contribution in [2.24, 2.45) is 29.6 Å². The average molecular weight is 895 g/mol. The summed E-state index contributed by atoms with van der Waals surface area (Å²) >= 11 is 1.60. The number of aliphatic hydroxyl groups is 8. The van der Waals surface area contributed by atoms with Gasteiger partial charge in [-0.15, -0.1) is 0 Å². The van der Waals surface area contributed by atoms with E-state index in [2.05, 4.69) is 0 Å². The number of ether oxygens (including phenoxy) is 10. The Hall–Kier alpha value is -2.92. The van der Waals surface area contributed by atoms with Crippen molar-refractivity contribution in [2.75, 3.05) is 45.5 Å². The van der Waals surface area contributed by atoms with E-state index < -0.39 is 158 Å². The van der Waals surface area contributed by atoms with Crippen LogP contribution in [0.15, 0.2) is 35.1 Å². The van der Waals surface area contributed by atoms with E-state index in [1.54, 1.807) is 6.08 Å². The van der Waals surface area contributed by atoms with E-state index >= 15 is 0 Å². The number of aliphatic hydroxyl groups excluding tert-OH is 8. The lowest BCUT2D eigenvalue weighted by atomic mass is 9.79. The van der Waals surface area contributed by atoms with Gasteiger partial charge in [-0.1, -0.05) is 6.08 Å². The van der Waals surface area contributed by atoms with Crippen molar-refractivity contribution in [1.29, 1.82) is 0 Å². The van der Waals surface area contributed by atoms with Gasteiger partial charge in [-0.3, -0.25) is 4.79 Å². The van der Waals surface area contributed by atoms with Crippen molar-refractivity contribution in [3.8, 4) is 0 Å². The van der Waals surface area contributed by atoms with Gasteiger partial charge in [-0.2, -0.15) is 0 Å². The first-order chi connectivity index (χ1) is 28.7. The van der Waals surface area contributed by atoms with Crippen LogP contribution in [0.4, 0.5) is 9.59 Å². The first kappa shape index (κ1) is 45.1. The number of thioether (sulfide) groups is 2. The van der Waals surface area contributed by atoms with Crippen LogP contribution in [0.2, 0.25) is 0 Å². The number of esters is 2. The fraction of sp³-hybridized carbons (Fsp3) is 0.722. The molecule has 5 heterocycles. The van der Waals surface area contributed by atoms with Gasteiger partial charge in [-0.05, 0) is 53.3 Å². The Labute approximate surface area is 349 Å². The minimum absolute atomic E-state index is 0.155. The minimum Gasteiger partial charge on any atom is -0.471 e. The van der Waals surface area contributed by atoms with Gasteiger partial charge < -0.3 is 88.2 Å². The van der Waals surface area contributed by atoms with Crippen LogP contribution in [0.3, 0.4) is 0 Å². The first-order valence-corrected chi connectivity index (χ1v) is 21.3. The van der Waals surface area contributed by atoms with Crippen molar-refractivity contribution in [3.05, 3.63) is 35.1 Å². The molecular formula is C36H46O22S2. The number of hydrogen-bond donors (Lipinski definition) is 8. The number of rotatable bonds is 12.